The molecule has 0 bridgehead atoms. The number of aryl methyl sites for hydroxylation is 1. The fourth-order valence-corrected chi connectivity index (χ4v) is 1.79. The van der Waals surface area contributed by atoms with Crippen LogP contribution in [0.2, 0.25) is 0 Å². The minimum Gasteiger partial charge on any atom is -0.384 e. The molecule has 0 spiro atoms. The zero-order chi connectivity index (χ0) is 14.5. The molecule has 20 heavy (non-hydrogen) atoms. The fraction of sp³-hybridized carbons (Fsp3) is 0.267. The van der Waals surface area contributed by atoms with E-state index >= 15 is 0 Å². The maximum Gasteiger partial charge on any atom is 0.152 e. The van der Waals surface area contributed by atoms with Crippen LogP contribution < -0.4 is 10.6 Å². The predicted molar refractivity (Wildman–Crippen MR) is 77.4 cm³/mol. The lowest BCUT2D eigenvalue weighted by molar-refractivity contribution is 0.585. The second kappa shape index (κ2) is 6.32. The first-order valence-corrected chi connectivity index (χ1v) is 6.52. The van der Waals surface area contributed by atoms with Gasteiger partial charge in [0.05, 0.1) is 23.8 Å². The zero-order valence-corrected chi connectivity index (χ0v) is 11.5. The Morgan fingerprint density at radius 1 is 1.15 bits per heavy atom. The van der Waals surface area contributed by atoms with Gasteiger partial charge in [-0.25, -0.2) is 8.78 Å². The second-order valence-corrected chi connectivity index (χ2v) is 4.57. The Balaban J connectivity index is 2.24. The molecule has 1 heterocycles. The van der Waals surface area contributed by atoms with Gasteiger partial charge in [0.1, 0.15) is 11.5 Å². The Kier molecular flexibility index (Phi) is 4.50. The summed E-state index contributed by atoms with van der Waals surface area (Å²) in [5.74, 6) is -1.21. The normalized spacial score (nSPS) is 10.4. The highest BCUT2D eigenvalue weighted by atomic mass is 19.1. The molecular formula is C15H17F2N3. The first-order valence-electron chi connectivity index (χ1n) is 6.52. The van der Waals surface area contributed by atoms with E-state index in [1.54, 1.807) is 19.2 Å². The summed E-state index contributed by atoms with van der Waals surface area (Å²) in [6.45, 7) is 4.47. The Labute approximate surface area is 117 Å². The first kappa shape index (κ1) is 14.2. The van der Waals surface area contributed by atoms with Crippen molar-refractivity contribution in [3.05, 3.63) is 47.8 Å². The summed E-state index contributed by atoms with van der Waals surface area (Å²) >= 11 is 0. The molecule has 2 aromatic rings. The van der Waals surface area contributed by atoms with E-state index in [1.807, 2.05) is 0 Å². The SMILES string of the molecule is CCCNc1cncc(Nc2c(F)ccc(C)c2F)c1. The van der Waals surface area contributed by atoms with Crippen LogP contribution in [-0.2, 0) is 0 Å². The van der Waals surface area contributed by atoms with Gasteiger partial charge in [-0.2, -0.15) is 0 Å². The monoisotopic (exact) mass is 277 g/mol. The summed E-state index contributed by atoms with van der Waals surface area (Å²) in [5, 5.41) is 5.92. The van der Waals surface area contributed by atoms with Gasteiger partial charge < -0.3 is 10.6 Å². The number of anilines is 3. The molecule has 0 radical (unpaired) electrons. The summed E-state index contributed by atoms with van der Waals surface area (Å²) in [5.41, 5.74) is 1.58. The molecule has 0 aliphatic heterocycles. The van der Waals surface area contributed by atoms with Crippen molar-refractivity contribution in [1.82, 2.24) is 4.98 Å². The Hall–Kier alpha value is -2.17. The van der Waals surface area contributed by atoms with E-state index < -0.39 is 11.6 Å². The Morgan fingerprint density at radius 2 is 1.90 bits per heavy atom. The van der Waals surface area contributed by atoms with Crippen molar-refractivity contribution in [2.24, 2.45) is 0 Å². The topological polar surface area (TPSA) is 37.0 Å². The minimum atomic E-state index is -0.625. The van der Waals surface area contributed by atoms with Gasteiger partial charge in [-0.05, 0) is 31.0 Å². The van der Waals surface area contributed by atoms with Crippen LogP contribution in [0.3, 0.4) is 0 Å². The van der Waals surface area contributed by atoms with Gasteiger partial charge in [0, 0.05) is 6.54 Å². The molecule has 1 aromatic heterocycles. The quantitative estimate of drug-likeness (QED) is 0.858. The smallest absolute Gasteiger partial charge is 0.152 e. The van der Waals surface area contributed by atoms with E-state index in [1.165, 1.54) is 18.3 Å². The number of benzene rings is 1. The molecule has 0 fully saturated rings. The third-order valence-electron chi connectivity index (χ3n) is 2.87. The molecule has 0 aliphatic rings. The van der Waals surface area contributed by atoms with Crippen LogP contribution in [0.1, 0.15) is 18.9 Å². The molecule has 0 aliphatic carbocycles. The lowest BCUT2D eigenvalue weighted by atomic mass is 10.2. The van der Waals surface area contributed by atoms with Crippen molar-refractivity contribution >= 4 is 17.1 Å². The van der Waals surface area contributed by atoms with Crippen LogP contribution in [0.25, 0.3) is 0 Å². The summed E-state index contributed by atoms with van der Waals surface area (Å²) in [6, 6.07) is 4.42. The predicted octanol–water partition coefficient (Wildman–Crippen LogP) is 4.23. The van der Waals surface area contributed by atoms with E-state index in [4.69, 9.17) is 0 Å². The van der Waals surface area contributed by atoms with Gasteiger partial charge >= 0.3 is 0 Å². The van der Waals surface area contributed by atoms with Crippen molar-refractivity contribution in [2.45, 2.75) is 20.3 Å². The van der Waals surface area contributed by atoms with Crippen LogP contribution in [0.4, 0.5) is 25.8 Å². The van der Waals surface area contributed by atoms with Crippen LogP contribution >= 0.6 is 0 Å². The van der Waals surface area contributed by atoms with Gasteiger partial charge in [-0.15, -0.1) is 0 Å². The lowest BCUT2D eigenvalue weighted by Crippen LogP contribution is -2.03. The largest absolute Gasteiger partial charge is 0.384 e. The number of aromatic nitrogens is 1. The number of hydrogen-bond acceptors (Lipinski definition) is 3. The molecule has 106 valence electrons. The first-order chi connectivity index (χ1) is 9.61. The number of pyridine rings is 1. The van der Waals surface area contributed by atoms with Crippen LogP contribution in [0.5, 0.6) is 0 Å². The van der Waals surface area contributed by atoms with Crippen LogP contribution in [0.15, 0.2) is 30.6 Å². The summed E-state index contributed by atoms with van der Waals surface area (Å²) in [6.07, 6.45) is 4.18. The zero-order valence-electron chi connectivity index (χ0n) is 11.5. The van der Waals surface area contributed by atoms with E-state index in [9.17, 15) is 8.78 Å². The molecule has 5 heteroatoms. The molecule has 2 rings (SSSR count). The van der Waals surface area contributed by atoms with Gasteiger partial charge in [0.15, 0.2) is 5.82 Å². The number of nitrogens with zero attached hydrogens (tertiary/aromatic N) is 1. The molecular weight excluding hydrogens is 260 g/mol. The molecule has 0 amide bonds. The molecule has 0 atom stereocenters. The average molecular weight is 277 g/mol. The number of hydrogen-bond donors (Lipinski definition) is 2. The minimum absolute atomic E-state index is 0.153. The van der Waals surface area contributed by atoms with Crippen molar-refractivity contribution in [1.29, 1.82) is 0 Å². The van der Waals surface area contributed by atoms with E-state index in [-0.39, 0.29) is 5.69 Å². The van der Waals surface area contributed by atoms with Crippen LogP contribution in [0, 0.1) is 18.6 Å². The maximum absolute atomic E-state index is 13.9. The van der Waals surface area contributed by atoms with Gasteiger partial charge in [0.25, 0.3) is 0 Å². The molecule has 2 N–H and O–H groups in total. The van der Waals surface area contributed by atoms with Gasteiger partial charge in [-0.1, -0.05) is 13.0 Å². The number of nitrogens with one attached hydrogen (secondary N) is 2. The lowest BCUT2D eigenvalue weighted by Gasteiger charge is -2.11. The van der Waals surface area contributed by atoms with E-state index in [0.29, 0.717) is 11.3 Å². The summed E-state index contributed by atoms with van der Waals surface area (Å²) in [4.78, 5) is 4.05. The number of halogens is 2. The maximum atomic E-state index is 13.9. The van der Waals surface area contributed by atoms with Crippen molar-refractivity contribution < 1.29 is 8.78 Å². The average Bonchev–Trinajstić information content (AvgIpc) is 2.46. The summed E-state index contributed by atoms with van der Waals surface area (Å²) in [7, 11) is 0. The highest BCUT2D eigenvalue weighted by Gasteiger charge is 2.11. The molecule has 0 unspecified atom stereocenters. The molecule has 3 nitrogen and oxygen atoms in total. The van der Waals surface area contributed by atoms with E-state index in [2.05, 4.69) is 22.5 Å². The molecule has 1 aromatic carbocycles. The molecule has 0 saturated carbocycles. The molecule has 0 saturated heterocycles. The Morgan fingerprint density at radius 3 is 2.65 bits per heavy atom. The van der Waals surface area contributed by atoms with Crippen molar-refractivity contribution in [2.75, 3.05) is 17.2 Å². The third kappa shape index (κ3) is 3.23. The summed E-state index contributed by atoms with van der Waals surface area (Å²) < 4.78 is 27.6. The van der Waals surface area contributed by atoms with Crippen molar-refractivity contribution in [3.8, 4) is 0 Å². The van der Waals surface area contributed by atoms with Crippen molar-refractivity contribution in [3.63, 3.8) is 0 Å². The number of rotatable bonds is 5. The van der Waals surface area contributed by atoms with E-state index in [0.717, 1.165) is 18.7 Å². The highest BCUT2D eigenvalue weighted by molar-refractivity contribution is 5.64. The third-order valence-corrected chi connectivity index (χ3v) is 2.87. The van der Waals surface area contributed by atoms with Gasteiger partial charge in [0.2, 0.25) is 0 Å². The van der Waals surface area contributed by atoms with Gasteiger partial charge in [-0.3, -0.25) is 4.98 Å². The fourth-order valence-electron chi connectivity index (χ4n) is 1.79. The standard InChI is InChI=1S/C15H17F2N3/c1-3-6-19-11-7-12(9-18-8-11)20-15-13(16)5-4-10(2)14(15)17/h4-5,7-9,19-20H,3,6H2,1-2H3. The highest BCUT2D eigenvalue weighted by Crippen LogP contribution is 2.26. The Bertz CT molecular complexity index is 600. The van der Waals surface area contributed by atoms with Crippen LogP contribution in [-0.4, -0.2) is 11.5 Å². The second-order valence-electron chi connectivity index (χ2n) is 4.57.